The van der Waals surface area contributed by atoms with Crippen LogP contribution in [0.15, 0.2) is 54.9 Å². The molecule has 164 valence electrons. The zero-order chi connectivity index (χ0) is 22.1. The van der Waals surface area contributed by atoms with Gasteiger partial charge in [-0.2, -0.15) is 10.1 Å². The first-order valence-electron chi connectivity index (χ1n) is 10.9. The summed E-state index contributed by atoms with van der Waals surface area (Å²) >= 11 is 0. The highest BCUT2D eigenvalue weighted by Crippen LogP contribution is 2.25. The number of fused-ring (bicyclic) bond motifs is 1. The number of likely N-dealkylation sites (N-methyl/N-ethyl adjacent to an activating group) is 1. The van der Waals surface area contributed by atoms with Crippen molar-refractivity contribution in [1.29, 1.82) is 0 Å². The third-order valence-corrected chi connectivity index (χ3v) is 5.97. The van der Waals surface area contributed by atoms with Gasteiger partial charge in [-0.15, -0.1) is 0 Å². The van der Waals surface area contributed by atoms with Gasteiger partial charge in [-0.3, -0.25) is 4.68 Å². The highest BCUT2D eigenvalue weighted by Gasteiger charge is 2.14. The number of nitrogens with one attached hydrogen (secondary N) is 2. The highest BCUT2D eigenvalue weighted by molar-refractivity contribution is 5.83. The van der Waals surface area contributed by atoms with Gasteiger partial charge in [0, 0.05) is 67.4 Å². The van der Waals surface area contributed by atoms with Crippen molar-refractivity contribution < 1.29 is 0 Å². The van der Waals surface area contributed by atoms with Crippen LogP contribution in [0.3, 0.4) is 0 Å². The maximum Gasteiger partial charge on any atom is 0.229 e. The van der Waals surface area contributed by atoms with Gasteiger partial charge in [0.05, 0.1) is 11.7 Å². The standard InChI is InChI=1S/C24H28N8/c1-17-15-25-24(28-19-4-7-21(8-5-19)32-12-10-30(2)11-13-32)29-23(17)27-20-6-9-22-18(14-20)16-26-31(22)3/h4-9,14-16H,10-13H2,1-3H3,(H2,25,27,28,29). The number of nitrogens with zero attached hydrogens (tertiary/aromatic N) is 6. The molecule has 0 amide bonds. The maximum atomic E-state index is 4.70. The van der Waals surface area contributed by atoms with Gasteiger partial charge >= 0.3 is 0 Å². The summed E-state index contributed by atoms with van der Waals surface area (Å²) in [6.07, 6.45) is 3.70. The Morgan fingerprint density at radius 3 is 2.38 bits per heavy atom. The van der Waals surface area contributed by atoms with E-state index in [0.29, 0.717) is 5.95 Å². The largest absolute Gasteiger partial charge is 0.369 e. The molecule has 2 aromatic carbocycles. The Kier molecular flexibility index (Phi) is 5.36. The molecule has 1 aliphatic rings. The molecule has 0 radical (unpaired) electrons. The minimum Gasteiger partial charge on any atom is -0.369 e. The number of hydrogen-bond donors (Lipinski definition) is 2. The fraction of sp³-hybridized carbons (Fsp3) is 0.292. The topological polar surface area (TPSA) is 74.1 Å². The molecule has 0 unspecified atom stereocenters. The van der Waals surface area contributed by atoms with E-state index in [-0.39, 0.29) is 0 Å². The Morgan fingerprint density at radius 1 is 0.844 bits per heavy atom. The van der Waals surface area contributed by atoms with Crippen molar-refractivity contribution in [3.63, 3.8) is 0 Å². The monoisotopic (exact) mass is 428 g/mol. The van der Waals surface area contributed by atoms with Crippen LogP contribution in [-0.4, -0.2) is 57.9 Å². The van der Waals surface area contributed by atoms with E-state index in [2.05, 4.69) is 74.0 Å². The molecule has 0 atom stereocenters. The van der Waals surface area contributed by atoms with Crippen LogP contribution >= 0.6 is 0 Å². The molecule has 8 heteroatoms. The number of aromatic nitrogens is 4. The SMILES string of the molecule is Cc1cnc(Nc2ccc(N3CCN(C)CC3)cc2)nc1Nc1ccc2c(cnn2C)c1. The number of benzene rings is 2. The van der Waals surface area contributed by atoms with Crippen LogP contribution in [0.5, 0.6) is 0 Å². The van der Waals surface area contributed by atoms with Gasteiger partial charge in [-0.25, -0.2) is 4.98 Å². The van der Waals surface area contributed by atoms with Gasteiger partial charge in [-0.1, -0.05) is 0 Å². The zero-order valence-electron chi connectivity index (χ0n) is 18.7. The Bertz CT molecular complexity index is 1220. The van der Waals surface area contributed by atoms with Crippen molar-refractivity contribution >= 4 is 39.7 Å². The number of aryl methyl sites for hydroxylation is 2. The second-order valence-corrected chi connectivity index (χ2v) is 8.35. The van der Waals surface area contributed by atoms with Crippen LogP contribution in [0, 0.1) is 6.92 Å². The molecule has 8 nitrogen and oxygen atoms in total. The molecule has 5 rings (SSSR count). The summed E-state index contributed by atoms with van der Waals surface area (Å²) in [4.78, 5) is 13.9. The van der Waals surface area contributed by atoms with Crippen molar-refractivity contribution in [2.75, 3.05) is 48.8 Å². The third-order valence-electron chi connectivity index (χ3n) is 5.97. The van der Waals surface area contributed by atoms with E-state index in [1.165, 1.54) is 5.69 Å². The van der Waals surface area contributed by atoms with Crippen molar-refractivity contribution in [1.82, 2.24) is 24.6 Å². The first kappa shape index (κ1) is 20.3. The number of piperazine rings is 1. The van der Waals surface area contributed by atoms with Gasteiger partial charge in [0.15, 0.2) is 0 Å². The smallest absolute Gasteiger partial charge is 0.229 e. The average Bonchev–Trinajstić information content (AvgIpc) is 3.17. The lowest BCUT2D eigenvalue weighted by Gasteiger charge is -2.34. The molecule has 0 spiro atoms. The average molecular weight is 429 g/mol. The number of hydrogen-bond acceptors (Lipinski definition) is 7. The van der Waals surface area contributed by atoms with E-state index >= 15 is 0 Å². The second-order valence-electron chi connectivity index (χ2n) is 8.35. The summed E-state index contributed by atoms with van der Waals surface area (Å²) in [5, 5.41) is 12.1. The van der Waals surface area contributed by atoms with Crippen molar-refractivity contribution in [2.45, 2.75) is 6.92 Å². The molecule has 0 bridgehead atoms. The van der Waals surface area contributed by atoms with E-state index in [4.69, 9.17) is 4.98 Å². The third kappa shape index (κ3) is 4.22. The van der Waals surface area contributed by atoms with E-state index in [9.17, 15) is 0 Å². The second kappa shape index (κ2) is 8.47. The van der Waals surface area contributed by atoms with Gasteiger partial charge in [0.2, 0.25) is 5.95 Å². The Hall–Kier alpha value is -3.65. The molecule has 0 saturated carbocycles. The van der Waals surface area contributed by atoms with E-state index in [1.807, 2.05) is 37.1 Å². The molecule has 1 fully saturated rings. The highest BCUT2D eigenvalue weighted by atomic mass is 15.3. The molecule has 32 heavy (non-hydrogen) atoms. The summed E-state index contributed by atoms with van der Waals surface area (Å²) in [5.41, 5.74) is 5.26. The Morgan fingerprint density at radius 2 is 1.59 bits per heavy atom. The van der Waals surface area contributed by atoms with Crippen LogP contribution < -0.4 is 15.5 Å². The van der Waals surface area contributed by atoms with Gasteiger partial charge in [-0.05, 0) is 56.4 Å². The van der Waals surface area contributed by atoms with Crippen LogP contribution in [-0.2, 0) is 7.05 Å². The first-order chi connectivity index (χ1) is 15.5. The molecular weight excluding hydrogens is 400 g/mol. The molecule has 4 aromatic rings. The summed E-state index contributed by atoms with van der Waals surface area (Å²) in [6.45, 7) is 6.31. The van der Waals surface area contributed by atoms with E-state index < -0.39 is 0 Å². The predicted molar refractivity (Wildman–Crippen MR) is 130 cm³/mol. The summed E-state index contributed by atoms with van der Waals surface area (Å²) < 4.78 is 1.87. The van der Waals surface area contributed by atoms with Crippen LogP contribution in [0.4, 0.5) is 28.8 Å². The minimum absolute atomic E-state index is 0.563. The number of rotatable bonds is 5. The van der Waals surface area contributed by atoms with Gasteiger partial charge in [0.25, 0.3) is 0 Å². The lowest BCUT2D eigenvalue weighted by atomic mass is 10.2. The summed E-state index contributed by atoms with van der Waals surface area (Å²) in [5.74, 6) is 1.34. The lowest BCUT2D eigenvalue weighted by Crippen LogP contribution is -2.44. The fourth-order valence-corrected chi connectivity index (χ4v) is 3.96. The molecule has 3 heterocycles. The van der Waals surface area contributed by atoms with Crippen molar-refractivity contribution in [3.05, 3.63) is 60.4 Å². The lowest BCUT2D eigenvalue weighted by molar-refractivity contribution is 0.313. The minimum atomic E-state index is 0.563. The molecule has 1 aliphatic heterocycles. The maximum absolute atomic E-state index is 4.70. The van der Waals surface area contributed by atoms with E-state index in [1.54, 1.807) is 0 Å². The molecule has 1 saturated heterocycles. The molecule has 0 aliphatic carbocycles. The van der Waals surface area contributed by atoms with Crippen molar-refractivity contribution in [3.8, 4) is 0 Å². The van der Waals surface area contributed by atoms with Gasteiger partial charge < -0.3 is 20.4 Å². The normalized spacial score (nSPS) is 14.7. The van der Waals surface area contributed by atoms with Gasteiger partial charge in [0.1, 0.15) is 5.82 Å². The van der Waals surface area contributed by atoms with Crippen LogP contribution in [0.2, 0.25) is 0 Å². The molecule has 2 N–H and O–H groups in total. The van der Waals surface area contributed by atoms with Crippen LogP contribution in [0.1, 0.15) is 5.56 Å². The van der Waals surface area contributed by atoms with Crippen molar-refractivity contribution in [2.24, 2.45) is 7.05 Å². The zero-order valence-corrected chi connectivity index (χ0v) is 18.7. The molecular formula is C24H28N8. The quantitative estimate of drug-likeness (QED) is 0.499. The predicted octanol–water partition coefficient (Wildman–Crippen LogP) is 3.91. The summed E-state index contributed by atoms with van der Waals surface area (Å²) in [6, 6.07) is 14.7. The van der Waals surface area contributed by atoms with E-state index in [0.717, 1.165) is 59.8 Å². The fourth-order valence-electron chi connectivity index (χ4n) is 3.96. The Labute approximate surface area is 187 Å². The number of anilines is 5. The van der Waals surface area contributed by atoms with Crippen LogP contribution in [0.25, 0.3) is 10.9 Å². The Balaban J connectivity index is 1.30. The summed E-state index contributed by atoms with van der Waals surface area (Å²) in [7, 11) is 4.12. The first-order valence-corrected chi connectivity index (χ1v) is 10.9. The molecule has 2 aromatic heterocycles.